The molecule has 2 aromatic carbocycles. The molecule has 0 bridgehead atoms. The highest BCUT2D eigenvalue weighted by molar-refractivity contribution is 7.99. The average Bonchev–Trinajstić information content (AvgIpc) is 2.65. The number of methoxy groups -OCH3 is 1. The fourth-order valence-corrected chi connectivity index (χ4v) is 3.68. The van der Waals surface area contributed by atoms with Crippen molar-refractivity contribution >= 4 is 34.3 Å². The van der Waals surface area contributed by atoms with Gasteiger partial charge in [-0.3, -0.25) is 9.36 Å². The Kier molecular flexibility index (Phi) is 6.19. The molecule has 5 nitrogen and oxygen atoms in total. The van der Waals surface area contributed by atoms with Crippen molar-refractivity contribution in [1.82, 2.24) is 9.55 Å². The Balaban J connectivity index is 2.13. The maximum absolute atomic E-state index is 13.1. The number of aromatic nitrogens is 2. The normalized spacial score (nSPS) is 11.0. The summed E-state index contributed by atoms with van der Waals surface area (Å²) in [5, 5.41) is 1.61. The van der Waals surface area contributed by atoms with E-state index in [9.17, 15) is 4.79 Å². The molecule has 0 amide bonds. The van der Waals surface area contributed by atoms with Gasteiger partial charge in [0.25, 0.3) is 5.56 Å². The van der Waals surface area contributed by atoms with Crippen molar-refractivity contribution in [2.75, 3.05) is 26.1 Å². The summed E-state index contributed by atoms with van der Waals surface area (Å²) < 4.78 is 12.2. The van der Waals surface area contributed by atoms with E-state index in [1.54, 1.807) is 35.9 Å². The third kappa shape index (κ3) is 3.87. The fraction of sp³-hybridized carbons (Fsp3) is 0.263. The standard InChI is InChI=1S/C19H19ClN2O3S/c1-3-25-10-11-26-19-21-16-7-5-4-6-14(16)18(23)22(19)13-8-9-17(24-2)15(20)12-13/h4-9,12H,3,10-11H2,1-2H3. The first-order valence-corrected chi connectivity index (χ1v) is 9.58. The van der Waals surface area contributed by atoms with Gasteiger partial charge in [0, 0.05) is 12.4 Å². The maximum Gasteiger partial charge on any atom is 0.266 e. The molecule has 136 valence electrons. The van der Waals surface area contributed by atoms with Crippen molar-refractivity contribution in [2.24, 2.45) is 0 Å². The van der Waals surface area contributed by atoms with Gasteiger partial charge in [0.05, 0.1) is 35.3 Å². The summed E-state index contributed by atoms with van der Waals surface area (Å²) in [6.07, 6.45) is 0. The molecule has 0 unspecified atom stereocenters. The molecule has 26 heavy (non-hydrogen) atoms. The number of ether oxygens (including phenoxy) is 2. The number of para-hydroxylation sites is 1. The maximum atomic E-state index is 13.1. The molecule has 0 saturated carbocycles. The first kappa shape index (κ1) is 18.8. The second-order valence-electron chi connectivity index (χ2n) is 5.42. The van der Waals surface area contributed by atoms with Crippen LogP contribution in [0.1, 0.15) is 6.92 Å². The average molecular weight is 391 g/mol. The molecule has 0 aliphatic heterocycles. The van der Waals surface area contributed by atoms with Crippen molar-refractivity contribution in [2.45, 2.75) is 12.1 Å². The third-order valence-electron chi connectivity index (χ3n) is 3.80. The Hall–Kier alpha value is -2.02. The van der Waals surface area contributed by atoms with E-state index in [4.69, 9.17) is 21.1 Å². The van der Waals surface area contributed by atoms with Crippen LogP contribution in [0.4, 0.5) is 0 Å². The summed E-state index contributed by atoms with van der Waals surface area (Å²) in [7, 11) is 1.56. The van der Waals surface area contributed by atoms with Crippen LogP contribution in [0.2, 0.25) is 5.02 Å². The Morgan fingerprint density at radius 2 is 2.04 bits per heavy atom. The topological polar surface area (TPSA) is 53.3 Å². The molecule has 0 saturated heterocycles. The van der Waals surface area contributed by atoms with Crippen LogP contribution in [0.5, 0.6) is 5.75 Å². The summed E-state index contributed by atoms with van der Waals surface area (Å²) >= 11 is 7.74. The van der Waals surface area contributed by atoms with Crippen LogP contribution in [0, 0.1) is 0 Å². The van der Waals surface area contributed by atoms with Gasteiger partial charge in [0.15, 0.2) is 5.16 Å². The second kappa shape index (κ2) is 8.58. The quantitative estimate of drug-likeness (QED) is 0.344. The molecule has 0 aliphatic carbocycles. The molecule has 0 aliphatic rings. The lowest BCUT2D eigenvalue weighted by Gasteiger charge is -2.14. The summed E-state index contributed by atoms with van der Waals surface area (Å²) in [6.45, 7) is 3.20. The van der Waals surface area contributed by atoms with Gasteiger partial charge in [-0.15, -0.1) is 0 Å². The number of halogens is 1. The largest absolute Gasteiger partial charge is 0.495 e. The number of rotatable bonds is 7. The van der Waals surface area contributed by atoms with Crippen molar-refractivity contribution in [3.05, 3.63) is 57.8 Å². The Labute approximate surface area is 160 Å². The van der Waals surface area contributed by atoms with Crippen molar-refractivity contribution in [1.29, 1.82) is 0 Å². The zero-order chi connectivity index (χ0) is 18.5. The van der Waals surface area contributed by atoms with Gasteiger partial charge in [-0.2, -0.15) is 0 Å². The zero-order valence-electron chi connectivity index (χ0n) is 14.6. The van der Waals surface area contributed by atoms with Gasteiger partial charge >= 0.3 is 0 Å². The van der Waals surface area contributed by atoms with Gasteiger partial charge in [0.1, 0.15) is 5.75 Å². The molecule has 0 atom stereocenters. The molecule has 0 radical (unpaired) electrons. The highest BCUT2D eigenvalue weighted by Crippen LogP contribution is 2.28. The number of fused-ring (bicyclic) bond motifs is 1. The molecular formula is C19H19ClN2O3S. The molecule has 0 spiro atoms. The van der Waals surface area contributed by atoms with Crippen LogP contribution < -0.4 is 10.3 Å². The summed E-state index contributed by atoms with van der Waals surface area (Å²) in [5.74, 6) is 1.26. The number of hydrogen-bond acceptors (Lipinski definition) is 5. The van der Waals surface area contributed by atoms with Crippen molar-refractivity contribution < 1.29 is 9.47 Å². The van der Waals surface area contributed by atoms with Gasteiger partial charge in [0.2, 0.25) is 0 Å². The van der Waals surface area contributed by atoms with Crippen LogP contribution >= 0.6 is 23.4 Å². The predicted molar refractivity (Wildman–Crippen MR) is 106 cm³/mol. The van der Waals surface area contributed by atoms with Gasteiger partial charge in [-0.1, -0.05) is 35.5 Å². The molecule has 7 heteroatoms. The smallest absolute Gasteiger partial charge is 0.266 e. The molecule has 0 fully saturated rings. The number of benzene rings is 2. The number of thioether (sulfide) groups is 1. The zero-order valence-corrected chi connectivity index (χ0v) is 16.1. The summed E-state index contributed by atoms with van der Waals surface area (Å²) in [5.41, 5.74) is 1.20. The van der Waals surface area contributed by atoms with Crippen molar-refractivity contribution in [3.8, 4) is 11.4 Å². The van der Waals surface area contributed by atoms with Crippen molar-refractivity contribution in [3.63, 3.8) is 0 Å². The van der Waals surface area contributed by atoms with E-state index in [2.05, 4.69) is 4.98 Å². The van der Waals surface area contributed by atoms with Gasteiger partial charge in [-0.05, 0) is 37.3 Å². The molecule has 1 aromatic heterocycles. The highest BCUT2D eigenvalue weighted by Gasteiger charge is 2.14. The molecule has 1 heterocycles. The second-order valence-corrected chi connectivity index (χ2v) is 6.89. The van der Waals surface area contributed by atoms with E-state index in [1.807, 2.05) is 25.1 Å². The first-order chi connectivity index (χ1) is 12.7. The Morgan fingerprint density at radius 3 is 2.77 bits per heavy atom. The highest BCUT2D eigenvalue weighted by atomic mass is 35.5. The minimum Gasteiger partial charge on any atom is -0.495 e. The lowest BCUT2D eigenvalue weighted by molar-refractivity contribution is 0.164. The van der Waals surface area contributed by atoms with Gasteiger partial charge in [-0.25, -0.2) is 4.98 Å². The predicted octanol–water partition coefficient (Wildman–Crippen LogP) is 4.18. The molecule has 3 aromatic rings. The van der Waals surface area contributed by atoms with E-state index >= 15 is 0 Å². The van der Waals surface area contributed by atoms with E-state index in [1.165, 1.54) is 11.8 Å². The summed E-state index contributed by atoms with van der Waals surface area (Å²) in [6, 6.07) is 12.6. The van der Waals surface area contributed by atoms with E-state index in [0.29, 0.717) is 51.5 Å². The SMILES string of the molecule is CCOCCSc1nc2ccccc2c(=O)n1-c1ccc(OC)c(Cl)c1. The first-order valence-electron chi connectivity index (χ1n) is 8.22. The number of nitrogens with zero attached hydrogens (tertiary/aromatic N) is 2. The van der Waals surface area contributed by atoms with E-state index in [0.717, 1.165) is 0 Å². The summed E-state index contributed by atoms with van der Waals surface area (Å²) in [4.78, 5) is 17.8. The van der Waals surface area contributed by atoms with Crippen LogP contribution in [-0.4, -0.2) is 35.6 Å². The van der Waals surface area contributed by atoms with Gasteiger partial charge < -0.3 is 9.47 Å². The fourth-order valence-electron chi connectivity index (χ4n) is 2.57. The molecule has 3 rings (SSSR count). The monoisotopic (exact) mass is 390 g/mol. The van der Waals surface area contributed by atoms with Crippen LogP contribution in [0.3, 0.4) is 0 Å². The van der Waals surface area contributed by atoms with E-state index < -0.39 is 0 Å². The molecular weight excluding hydrogens is 372 g/mol. The minimum atomic E-state index is -0.129. The third-order valence-corrected chi connectivity index (χ3v) is 5.00. The molecule has 0 N–H and O–H groups in total. The van der Waals surface area contributed by atoms with Crippen LogP contribution in [0.25, 0.3) is 16.6 Å². The lowest BCUT2D eigenvalue weighted by Crippen LogP contribution is -2.22. The minimum absolute atomic E-state index is 0.129. The van der Waals surface area contributed by atoms with E-state index in [-0.39, 0.29) is 5.56 Å². The Morgan fingerprint density at radius 1 is 1.23 bits per heavy atom. The Bertz CT molecular complexity index is 975. The lowest BCUT2D eigenvalue weighted by atomic mass is 10.2. The number of hydrogen-bond donors (Lipinski definition) is 0. The van der Waals surface area contributed by atoms with Crippen LogP contribution in [0.15, 0.2) is 52.4 Å². The van der Waals surface area contributed by atoms with Crippen LogP contribution in [-0.2, 0) is 4.74 Å².